The summed E-state index contributed by atoms with van der Waals surface area (Å²) in [6, 6.07) is 0. The van der Waals surface area contributed by atoms with Crippen LogP contribution in [0.1, 0.15) is 89.9 Å². The molecule has 9 unspecified atom stereocenters. The molecule has 36 heavy (non-hydrogen) atoms. The van der Waals surface area contributed by atoms with Crippen LogP contribution < -0.4 is 0 Å². The molecule has 0 heterocycles. The number of hydrogen-bond donors (Lipinski definition) is 0. The molecule has 9 atom stereocenters. The normalized spacial score (nSPS) is 48.0. The van der Waals surface area contributed by atoms with Crippen LogP contribution in [0.4, 0.5) is 0 Å². The van der Waals surface area contributed by atoms with Gasteiger partial charge in [0.1, 0.15) is 0 Å². The summed E-state index contributed by atoms with van der Waals surface area (Å²) >= 11 is 4.43. The molecular weight excluding hydrogens is 500 g/mol. The Labute approximate surface area is 226 Å². The van der Waals surface area contributed by atoms with Gasteiger partial charge in [0.25, 0.3) is 0 Å². The molecule has 9 rings (SSSR count). The maximum absolute atomic E-state index is 4.43. The van der Waals surface area contributed by atoms with Crippen molar-refractivity contribution in [2.75, 3.05) is 0 Å². The summed E-state index contributed by atoms with van der Waals surface area (Å²) in [5.74, 6) is 6.07. The fraction of sp³-hybridized carbons (Fsp3) is 0.657. The average molecular weight is 542 g/mol. The van der Waals surface area contributed by atoms with Crippen LogP contribution in [0, 0.1) is 46.8 Å². The lowest BCUT2D eigenvalue weighted by molar-refractivity contribution is 0.0394. The van der Waals surface area contributed by atoms with Crippen molar-refractivity contribution in [3.8, 4) is 0 Å². The van der Waals surface area contributed by atoms with Gasteiger partial charge in [-0.2, -0.15) is 0 Å². The van der Waals surface area contributed by atoms with Crippen molar-refractivity contribution in [2.24, 2.45) is 46.8 Å². The zero-order valence-electron chi connectivity index (χ0n) is 21.8. The smallest absolute Gasteiger partial charge is 0.0188 e. The van der Waals surface area contributed by atoms with E-state index < -0.39 is 0 Å². The van der Waals surface area contributed by atoms with Crippen LogP contribution in [0.15, 0.2) is 69.4 Å². The standard InChI is InChI=1S/C35H41Br/c36-31-18-8-14-24-22-11-3-5-16-28(22)35(34(24)31)29-17-6-4-12-25(29)33-26-15-7-13-23-20-9-1-2-10-21(20)27(32(23)26)19-30(33)35/h2,4,10,12-13,24-26,29-31,33-34H,1,3,5-9,11,14-19H2. The second-order valence-corrected chi connectivity index (χ2v) is 15.0. The third-order valence-corrected chi connectivity index (χ3v) is 14.0. The van der Waals surface area contributed by atoms with E-state index in [0.29, 0.717) is 5.41 Å². The Hall–Kier alpha value is -1.08. The number of hydrogen-bond acceptors (Lipinski definition) is 0. The second kappa shape index (κ2) is 7.74. The van der Waals surface area contributed by atoms with Gasteiger partial charge in [-0.05, 0) is 153 Å². The van der Waals surface area contributed by atoms with Gasteiger partial charge in [0.15, 0.2) is 0 Å². The summed E-state index contributed by atoms with van der Waals surface area (Å²) in [5.41, 5.74) is 13.4. The number of halogens is 1. The molecule has 0 amide bonds. The summed E-state index contributed by atoms with van der Waals surface area (Å²) in [6.45, 7) is 0. The largest absolute Gasteiger partial charge is 0.0887 e. The van der Waals surface area contributed by atoms with E-state index >= 15 is 0 Å². The van der Waals surface area contributed by atoms with Gasteiger partial charge in [-0.1, -0.05) is 63.9 Å². The minimum Gasteiger partial charge on any atom is -0.0887 e. The van der Waals surface area contributed by atoms with Crippen LogP contribution in [0.25, 0.3) is 0 Å². The quantitative estimate of drug-likeness (QED) is 0.212. The van der Waals surface area contributed by atoms with Crippen molar-refractivity contribution in [3.63, 3.8) is 0 Å². The lowest BCUT2D eigenvalue weighted by Gasteiger charge is -2.52. The van der Waals surface area contributed by atoms with E-state index in [0.717, 1.165) is 46.3 Å². The fourth-order valence-electron chi connectivity index (χ4n) is 12.4. The summed E-state index contributed by atoms with van der Waals surface area (Å²) in [5, 5.41) is 0. The predicted octanol–water partition coefficient (Wildman–Crippen LogP) is 9.56. The SMILES string of the molecule is BrC1CCCC2C3=C(CCCC3)C3(C4CCC=CC4C4C5CCC=C6C7=C(C=CCC7)C(=C65)CC43)C12. The predicted molar refractivity (Wildman–Crippen MR) is 152 cm³/mol. The molecule has 2 saturated carbocycles. The molecule has 0 nitrogen and oxygen atoms in total. The number of allylic oxidation sites excluding steroid dienone is 12. The number of alkyl halides is 1. The van der Waals surface area contributed by atoms with Gasteiger partial charge in [-0.15, -0.1) is 0 Å². The molecule has 0 radical (unpaired) electrons. The Bertz CT molecular complexity index is 1220. The highest BCUT2D eigenvalue weighted by molar-refractivity contribution is 9.09. The van der Waals surface area contributed by atoms with E-state index in [1.807, 2.05) is 16.7 Å². The van der Waals surface area contributed by atoms with E-state index in [4.69, 9.17) is 0 Å². The molecule has 1 spiro atoms. The first kappa shape index (κ1) is 21.8. The maximum Gasteiger partial charge on any atom is 0.0188 e. The lowest BCUT2D eigenvalue weighted by Crippen LogP contribution is -2.48. The van der Waals surface area contributed by atoms with Gasteiger partial charge in [-0.3, -0.25) is 0 Å². The number of rotatable bonds is 0. The van der Waals surface area contributed by atoms with Crippen molar-refractivity contribution in [1.29, 1.82) is 0 Å². The van der Waals surface area contributed by atoms with E-state index in [1.54, 1.807) is 16.7 Å². The molecule has 0 aromatic rings. The van der Waals surface area contributed by atoms with Crippen molar-refractivity contribution >= 4 is 15.9 Å². The second-order valence-electron chi connectivity index (χ2n) is 13.8. The number of fused-ring (bicyclic) bond motifs is 12. The molecule has 188 valence electrons. The zero-order chi connectivity index (χ0) is 23.6. The molecule has 0 bridgehead atoms. The first-order chi connectivity index (χ1) is 17.8. The summed E-state index contributed by atoms with van der Waals surface area (Å²) in [7, 11) is 0. The molecule has 0 aromatic carbocycles. The third kappa shape index (κ3) is 2.50. The van der Waals surface area contributed by atoms with Gasteiger partial charge in [0.05, 0.1) is 0 Å². The third-order valence-electron chi connectivity index (χ3n) is 13.0. The monoisotopic (exact) mass is 540 g/mol. The van der Waals surface area contributed by atoms with Gasteiger partial charge in [0, 0.05) is 10.2 Å². The highest BCUT2D eigenvalue weighted by Crippen LogP contribution is 2.78. The Morgan fingerprint density at radius 2 is 1.75 bits per heavy atom. The van der Waals surface area contributed by atoms with E-state index in [-0.39, 0.29) is 0 Å². The van der Waals surface area contributed by atoms with Crippen LogP contribution >= 0.6 is 15.9 Å². The van der Waals surface area contributed by atoms with Crippen molar-refractivity contribution < 1.29 is 0 Å². The molecule has 0 saturated heterocycles. The Morgan fingerprint density at radius 3 is 2.72 bits per heavy atom. The molecule has 0 aliphatic heterocycles. The van der Waals surface area contributed by atoms with E-state index in [1.165, 1.54) is 89.9 Å². The maximum atomic E-state index is 4.43. The summed E-state index contributed by atoms with van der Waals surface area (Å²) in [6.07, 6.45) is 32.7. The van der Waals surface area contributed by atoms with Crippen LogP contribution in [-0.4, -0.2) is 4.83 Å². The summed E-state index contributed by atoms with van der Waals surface area (Å²) in [4.78, 5) is 0.734. The molecule has 0 N–H and O–H groups in total. The van der Waals surface area contributed by atoms with Crippen LogP contribution in [0.3, 0.4) is 0 Å². The first-order valence-electron chi connectivity index (χ1n) is 15.7. The highest BCUT2D eigenvalue weighted by atomic mass is 79.9. The van der Waals surface area contributed by atoms with Gasteiger partial charge < -0.3 is 0 Å². The molecule has 2 fully saturated rings. The molecular formula is C35H41Br. The molecule has 1 heteroatoms. The van der Waals surface area contributed by atoms with Gasteiger partial charge in [-0.25, -0.2) is 0 Å². The van der Waals surface area contributed by atoms with Gasteiger partial charge in [0.2, 0.25) is 0 Å². The lowest BCUT2D eigenvalue weighted by atomic mass is 9.53. The molecule has 9 aliphatic rings. The Balaban J connectivity index is 1.29. The first-order valence-corrected chi connectivity index (χ1v) is 16.6. The Kier molecular flexibility index (Phi) is 4.69. The fourth-order valence-corrected chi connectivity index (χ4v) is 13.5. The topological polar surface area (TPSA) is 0 Å². The Morgan fingerprint density at radius 1 is 0.806 bits per heavy atom. The van der Waals surface area contributed by atoms with Crippen molar-refractivity contribution in [3.05, 3.63) is 69.4 Å². The van der Waals surface area contributed by atoms with E-state index in [2.05, 4.69) is 51.9 Å². The molecule has 9 aliphatic carbocycles. The highest BCUT2D eigenvalue weighted by Gasteiger charge is 2.71. The van der Waals surface area contributed by atoms with Crippen molar-refractivity contribution in [2.45, 2.75) is 94.7 Å². The molecule has 0 aromatic heterocycles. The minimum atomic E-state index is 0.483. The summed E-state index contributed by atoms with van der Waals surface area (Å²) < 4.78 is 0. The van der Waals surface area contributed by atoms with Crippen molar-refractivity contribution in [1.82, 2.24) is 0 Å². The van der Waals surface area contributed by atoms with Gasteiger partial charge >= 0.3 is 0 Å². The zero-order valence-corrected chi connectivity index (χ0v) is 23.4. The van der Waals surface area contributed by atoms with E-state index in [9.17, 15) is 0 Å². The minimum absolute atomic E-state index is 0.483. The average Bonchev–Trinajstić information content (AvgIpc) is 3.53. The van der Waals surface area contributed by atoms with Crippen LogP contribution in [-0.2, 0) is 0 Å². The van der Waals surface area contributed by atoms with Crippen LogP contribution in [0.2, 0.25) is 0 Å². The van der Waals surface area contributed by atoms with Crippen LogP contribution in [0.5, 0.6) is 0 Å².